The fourth-order valence-electron chi connectivity index (χ4n) is 1.58. The SMILES string of the molecule is CC(NCc1ncn(C)n1)c1ccc(F)cc1. The maximum absolute atomic E-state index is 12.8. The summed E-state index contributed by atoms with van der Waals surface area (Å²) in [6, 6.07) is 6.62. The maximum Gasteiger partial charge on any atom is 0.164 e. The van der Waals surface area contributed by atoms with Crippen LogP contribution >= 0.6 is 0 Å². The molecule has 0 amide bonds. The molecule has 0 saturated heterocycles. The van der Waals surface area contributed by atoms with Crippen LogP contribution in [0.1, 0.15) is 24.4 Å². The van der Waals surface area contributed by atoms with E-state index in [1.807, 2.05) is 14.0 Å². The van der Waals surface area contributed by atoms with Crippen LogP contribution in [-0.4, -0.2) is 14.8 Å². The van der Waals surface area contributed by atoms with E-state index in [2.05, 4.69) is 15.4 Å². The van der Waals surface area contributed by atoms with Gasteiger partial charge in [-0.05, 0) is 24.6 Å². The van der Waals surface area contributed by atoms with E-state index >= 15 is 0 Å². The lowest BCUT2D eigenvalue weighted by Crippen LogP contribution is -2.19. The molecule has 2 aromatic rings. The number of nitrogens with zero attached hydrogens (tertiary/aromatic N) is 3. The van der Waals surface area contributed by atoms with Gasteiger partial charge in [0, 0.05) is 13.1 Å². The van der Waals surface area contributed by atoms with Crippen LogP contribution in [0.2, 0.25) is 0 Å². The van der Waals surface area contributed by atoms with Crippen molar-refractivity contribution in [2.75, 3.05) is 0 Å². The van der Waals surface area contributed by atoms with E-state index in [9.17, 15) is 4.39 Å². The third-order valence-electron chi connectivity index (χ3n) is 2.58. The molecule has 0 fully saturated rings. The molecule has 4 nitrogen and oxygen atoms in total. The number of halogens is 1. The minimum Gasteiger partial charge on any atom is -0.303 e. The van der Waals surface area contributed by atoms with Gasteiger partial charge in [-0.25, -0.2) is 9.37 Å². The van der Waals surface area contributed by atoms with E-state index in [1.54, 1.807) is 23.1 Å². The standard InChI is InChI=1S/C12H15FN4/c1-9(10-3-5-11(13)6-4-10)14-7-12-15-8-17(2)16-12/h3-6,8-9,14H,7H2,1-2H3. The summed E-state index contributed by atoms with van der Waals surface area (Å²) >= 11 is 0. The number of aromatic nitrogens is 3. The van der Waals surface area contributed by atoms with Gasteiger partial charge in [0.05, 0.1) is 6.54 Å². The molecule has 0 aliphatic carbocycles. The van der Waals surface area contributed by atoms with Gasteiger partial charge >= 0.3 is 0 Å². The molecular weight excluding hydrogens is 219 g/mol. The van der Waals surface area contributed by atoms with E-state index in [0.29, 0.717) is 6.54 Å². The minimum absolute atomic E-state index is 0.138. The monoisotopic (exact) mass is 234 g/mol. The van der Waals surface area contributed by atoms with Crippen LogP contribution in [-0.2, 0) is 13.6 Å². The van der Waals surface area contributed by atoms with Crippen molar-refractivity contribution in [3.8, 4) is 0 Å². The van der Waals surface area contributed by atoms with Crippen molar-refractivity contribution in [1.82, 2.24) is 20.1 Å². The van der Waals surface area contributed by atoms with E-state index < -0.39 is 0 Å². The average molecular weight is 234 g/mol. The van der Waals surface area contributed by atoms with Crippen molar-refractivity contribution in [2.24, 2.45) is 7.05 Å². The first-order valence-corrected chi connectivity index (χ1v) is 5.48. The lowest BCUT2D eigenvalue weighted by atomic mass is 10.1. The number of aryl methyl sites for hydroxylation is 1. The van der Waals surface area contributed by atoms with Crippen molar-refractivity contribution in [2.45, 2.75) is 19.5 Å². The molecule has 5 heteroatoms. The van der Waals surface area contributed by atoms with E-state index in [-0.39, 0.29) is 11.9 Å². The van der Waals surface area contributed by atoms with Gasteiger partial charge < -0.3 is 5.32 Å². The molecule has 0 saturated carbocycles. The van der Waals surface area contributed by atoms with Gasteiger partial charge in [0.2, 0.25) is 0 Å². The van der Waals surface area contributed by atoms with Crippen LogP contribution < -0.4 is 5.32 Å². The molecule has 0 spiro atoms. The molecule has 0 aliphatic heterocycles. The zero-order chi connectivity index (χ0) is 12.3. The van der Waals surface area contributed by atoms with Gasteiger partial charge in [0.1, 0.15) is 12.1 Å². The fraction of sp³-hybridized carbons (Fsp3) is 0.333. The molecule has 1 aromatic carbocycles. The number of rotatable bonds is 4. The smallest absolute Gasteiger partial charge is 0.164 e. The first kappa shape index (κ1) is 11.7. The van der Waals surface area contributed by atoms with E-state index in [0.717, 1.165) is 11.4 Å². The second-order valence-corrected chi connectivity index (χ2v) is 3.99. The predicted octanol–water partition coefficient (Wildman–Crippen LogP) is 1.81. The van der Waals surface area contributed by atoms with Crippen molar-refractivity contribution < 1.29 is 4.39 Å². The molecule has 2 rings (SSSR count). The highest BCUT2D eigenvalue weighted by atomic mass is 19.1. The predicted molar refractivity (Wildman–Crippen MR) is 62.7 cm³/mol. The summed E-state index contributed by atoms with van der Waals surface area (Å²) in [5.74, 6) is 0.536. The average Bonchev–Trinajstić information content (AvgIpc) is 2.73. The summed E-state index contributed by atoms with van der Waals surface area (Å²) in [5, 5.41) is 7.46. The maximum atomic E-state index is 12.8. The van der Waals surface area contributed by atoms with Crippen LogP contribution in [0.25, 0.3) is 0 Å². The second kappa shape index (κ2) is 5.05. The summed E-state index contributed by atoms with van der Waals surface area (Å²) in [6.07, 6.45) is 1.67. The molecule has 0 aliphatic rings. The van der Waals surface area contributed by atoms with Crippen LogP contribution in [0.5, 0.6) is 0 Å². The van der Waals surface area contributed by atoms with Gasteiger partial charge in [0.25, 0.3) is 0 Å². The van der Waals surface area contributed by atoms with Crippen LogP contribution in [0, 0.1) is 5.82 Å². The number of benzene rings is 1. The van der Waals surface area contributed by atoms with Crippen LogP contribution in [0.3, 0.4) is 0 Å². The first-order valence-electron chi connectivity index (χ1n) is 5.48. The molecule has 1 heterocycles. The Kier molecular flexibility index (Phi) is 3.49. The minimum atomic E-state index is -0.215. The third kappa shape index (κ3) is 3.10. The van der Waals surface area contributed by atoms with E-state index in [1.165, 1.54) is 12.1 Å². The van der Waals surface area contributed by atoms with Gasteiger partial charge in [-0.1, -0.05) is 12.1 Å². The molecular formula is C12H15FN4. The third-order valence-corrected chi connectivity index (χ3v) is 2.58. The highest BCUT2D eigenvalue weighted by Gasteiger charge is 2.06. The lowest BCUT2D eigenvalue weighted by Gasteiger charge is -2.12. The molecule has 0 bridgehead atoms. The Hall–Kier alpha value is -1.75. The van der Waals surface area contributed by atoms with Gasteiger partial charge in [-0.3, -0.25) is 4.68 Å². The summed E-state index contributed by atoms with van der Waals surface area (Å²) in [7, 11) is 1.83. The largest absolute Gasteiger partial charge is 0.303 e. The normalized spacial score (nSPS) is 12.6. The van der Waals surface area contributed by atoms with E-state index in [4.69, 9.17) is 0 Å². The Labute approximate surface area is 99.5 Å². The number of hydrogen-bond acceptors (Lipinski definition) is 3. The fourth-order valence-corrected chi connectivity index (χ4v) is 1.58. The Balaban J connectivity index is 1.93. The molecule has 1 unspecified atom stereocenters. The highest BCUT2D eigenvalue weighted by Crippen LogP contribution is 2.12. The molecule has 17 heavy (non-hydrogen) atoms. The summed E-state index contributed by atoms with van der Waals surface area (Å²) in [6.45, 7) is 2.62. The van der Waals surface area contributed by atoms with Crippen molar-refractivity contribution >= 4 is 0 Å². The van der Waals surface area contributed by atoms with Crippen LogP contribution in [0.4, 0.5) is 4.39 Å². The quantitative estimate of drug-likeness (QED) is 0.877. The number of nitrogens with one attached hydrogen (secondary N) is 1. The zero-order valence-corrected chi connectivity index (χ0v) is 9.89. The molecule has 1 N–H and O–H groups in total. The highest BCUT2D eigenvalue weighted by molar-refractivity contribution is 5.19. The second-order valence-electron chi connectivity index (χ2n) is 3.99. The van der Waals surface area contributed by atoms with Crippen molar-refractivity contribution in [3.05, 3.63) is 47.8 Å². The Bertz CT molecular complexity index is 478. The zero-order valence-electron chi connectivity index (χ0n) is 9.89. The van der Waals surface area contributed by atoms with Gasteiger partial charge in [-0.2, -0.15) is 5.10 Å². The summed E-state index contributed by atoms with van der Waals surface area (Å²) in [5.41, 5.74) is 1.04. The summed E-state index contributed by atoms with van der Waals surface area (Å²) in [4.78, 5) is 4.12. The lowest BCUT2D eigenvalue weighted by molar-refractivity contribution is 0.554. The first-order chi connectivity index (χ1) is 8.15. The topological polar surface area (TPSA) is 42.7 Å². The van der Waals surface area contributed by atoms with Crippen molar-refractivity contribution in [3.63, 3.8) is 0 Å². The van der Waals surface area contributed by atoms with Gasteiger partial charge in [0.15, 0.2) is 5.82 Å². The molecule has 1 aromatic heterocycles. The van der Waals surface area contributed by atoms with Gasteiger partial charge in [-0.15, -0.1) is 0 Å². The Morgan fingerprint density at radius 3 is 2.65 bits per heavy atom. The molecule has 1 atom stereocenters. The number of hydrogen-bond donors (Lipinski definition) is 1. The van der Waals surface area contributed by atoms with Crippen LogP contribution in [0.15, 0.2) is 30.6 Å². The summed E-state index contributed by atoms with van der Waals surface area (Å²) < 4.78 is 14.4. The Morgan fingerprint density at radius 2 is 2.06 bits per heavy atom. The Morgan fingerprint density at radius 1 is 1.35 bits per heavy atom. The molecule has 90 valence electrons. The molecule has 0 radical (unpaired) electrons. The van der Waals surface area contributed by atoms with Crippen molar-refractivity contribution in [1.29, 1.82) is 0 Å².